The minimum Gasteiger partial charge on any atom is -0.361 e. The average Bonchev–Trinajstić information content (AvgIpc) is 2.86. The molecule has 0 spiro atoms. The van der Waals surface area contributed by atoms with E-state index in [0.29, 0.717) is 12.1 Å². The summed E-state index contributed by atoms with van der Waals surface area (Å²) in [5.74, 6) is 0.942. The number of hydrogen-bond acceptors (Lipinski definition) is 3. The quantitative estimate of drug-likeness (QED) is 0.887. The molecule has 4 heteroatoms. The molecule has 1 atom stereocenters. The first-order valence-corrected chi connectivity index (χ1v) is 6.76. The van der Waals surface area contributed by atoms with Crippen LogP contribution in [0.1, 0.15) is 42.6 Å². The fraction of sp³-hybridized carbons (Fsp3) is 0.462. The van der Waals surface area contributed by atoms with E-state index in [1.54, 1.807) is 0 Å². The fourth-order valence-electron chi connectivity index (χ4n) is 1.68. The molecule has 2 heterocycles. The lowest BCUT2D eigenvalue weighted by Crippen LogP contribution is -2.07. The third-order valence-electron chi connectivity index (χ3n) is 2.69. The molecule has 1 unspecified atom stereocenters. The van der Waals surface area contributed by atoms with E-state index in [1.807, 2.05) is 28.3 Å². The molecule has 92 valence electrons. The minimum atomic E-state index is 0.309. The topological polar surface area (TPSA) is 29.9 Å². The zero-order valence-corrected chi connectivity index (χ0v) is 11.6. The lowest BCUT2D eigenvalue weighted by molar-refractivity contribution is 0.533. The Morgan fingerprint density at radius 1 is 1.24 bits per heavy atom. The third-order valence-corrected chi connectivity index (χ3v) is 3.87. The van der Waals surface area contributed by atoms with E-state index in [-0.39, 0.29) is 0 Å². The summed E-state index contributed by atoms with van der Waals surface area (Å²) in [5.41, 5.74) is 0. The second-order valence-electron chi connectivity index (χ2n) is 4.59. The maximum atomic E-state index is 4.49. The number of nitrogens with one attached hydrogen (secondary N) is 1. The highest BCUT2D eigenvalue weighted by Gasteiger charge is 2.09. The van der Waals surface area contributed by atoms with Gasteiger partial charge in [0.2, 0.25) is 0 Å². The van der Waals surface area contributed by atoms with Crippen LogP contribution >= 0.6 is 11.3 Å². The van der Waals surface area contributed by atoms with Crippen LogP contribution in [0.4, 0.5) is 5.82 Å². The lowest BCUT2D eigenvalue weighted by atomic mass is 10.3. The van der Waals surface area contributed by atoms with Crippen molar-refractivity contribution >= 4 is 17.2 Å². The van der Waals surface area contributed by atoms with Gasteiger partial charge in [0.25, 0.3) is 0 Å². The molecule has 1 N–H and O–H groups in total. The van der Waals surface area contributed by atoms with Crippen LogP contribution < -0.4 is 5.32 Å². The molecule has 2 aromatic rings. The van der Waals surface area contributed by atoms with Gasteiger partial charge < -0.3 is 5.32 Å². The number of thiophene rings is 1. The molecule has 17 heavy (non-hydrogen) atoms. The number of nitrogens with zero attached hydrogens (tertiary/aromatic N) is 2. The summed E-state index contributed by atoms with van der Waals surface area (Å²) < 4.78 is 1.97. The van der Waals surface area contributed by atoms with Crippen LogP contribution in [0.2, 0.25) is 0 Å². The van der Waals surface area contributed by atoms with E-state index in [2.05, 4.69) is 50.2 Å². The molecule has 0 bridgehead atoms. The molecule has 0 radical (unpaired) electrons. The molecule has 0 saturated carbocycles. The highest BCUT2D eigenvalue weighted by molar-refractivity contribution is 7.12. The number of rotatable bonds is 4. The van der Waals surface area contributed by atoms with E-state index >= 15 is 0 Å². The van der Waals surface area contributed by atoms with Crippen LogP contribution in [-0.4, -0.2) is 9.78 Å². The van der Waals surface area contributed by atoms with Crippen molar-refractivity contribution in [1.82, 2.24) is 9.78 Å². The van der Waals surface area contributed by atoms with Gasteiger partial charge in [-0.3, -0.25) is 4.68 Å². The summed E-state index contributed by atoms with van der Waals surface area (Å²) in [6.07, 6.45) is 2.01. The Bertz CT molecular complexity index is 484. The first-order valence-electron chi connectivity index (χ1n) is 5.94. The van der Waals surface area contributed by atoms with Crippen molar-refractivity contribution in [2.45, 2.75) is 39.8 Å². The van der Waals surface area contributed by atoms with Gasteiger partial charge in [-0.05, 0) is 39.8 Å². The SMILES string of the molecule is Cc1ccc(C(C)Nc2ccn(C(C)C)n2)s1. The van der Waals surface area contributed by atoms with Crippen molar-refractivity contribution < 1.29 is 0 Å². The maximum absolute atomic E-state index is 4.49. The Hall–Kier alpha value is -1.29. The molecule has 0 aromatic carbocycles. The molecule has 0 amide bonds. The molecule has 0 aliphatic heterocycles. The van der Waals surface area contributed by atoms with Gasteiger partial charge in [0.1, 0.15) is 5.82 Å². The Labute approximate surface area is 106 Å². The zero-order chi connectivity index (χ0) is 12.4. The van der Waals surface area contributed by atoms with Gasteiger partial charge in [-0.15, -0.1) is 11.3 Å². The monoisotopic (exact) mass is 249 g/mol. The highest BCUT2D eigenvalue weighted by Crippen LogP contribution is 2.25. The van der Waals surface area contributed by atoms with Crippen molar-refractivity contribution in [1.29, 1.82) is 0 Å². The first-order chi connectivity index (χ1) is 8.06. The van der Waals surface area contributed by atoms with Crippen LogP contribution in [0.25, 0.3) is 0 Å². The summed E-state index contributed by atoms with van der Waals surface area (Å²) >= 11 is 1.83. The molecule has 2 rings (SSSR count). The molecular formula is C13H19N3S. The molecule has 0 aliphatic carbocycles. The van der Waals surface area contributed by atoms with Crippen LogP contribution in [0.3, 0.4) is 0 Å². The number of aryl methyl sites for hydroxylation is 1. The Balaban J connectivity index is 2.05. The van der Waals surface area contributed by atoms with Gasteiger partial charge in [0.15, 0.2) is 0 Å². The van der Waals surface area contributed by atoms with Crippen LogP contribution in [0.15, 0.2) is 24.4 Å². The van der Waals surface area contributed by atoms with Crippen LogP contribution in [-0.2, 0) is 0 Å². The van der Waals surface area contributed by atoms with Gasteiger partial charge in [0.05, 0.1) is 6.04 Å². The standard InChI is InChI=1S/C13H19N3S/c1-9(2)16-8-7-13(15-16)14-11(4)12-6-5-10(3)17-12/h5-9,11H,1-4H3,(H,14,15). The van der Waals surface area contributed by atoms with E-state index in [9.17, 15) is 0 Å². The summed E-state index contributed by atoms with van der Waals surface area (Å²) in [5, 5.41) is 7.92. The van der Waals surface area contributed by atoms with Gasteiger partial charge >= 0.3 is 0 Å². The fourth-order valence-corrected chi connectivity index (χ4v) is 2.56. The largest absolute Gasteiger partial charge is 0.361 e. The van der Waals surface area contributed by atoms with E-state index < -0.39 is 0 Å². The minimum absolute atomic E-state index is 0.309. The summed E-state index contributed by atoms with van der Waals surface area (Å²) in [4.78, 5) is 2.70. The van der Waals surface area contributed by atoms with Gasteiger partial charge in [0, 0.05) is 28.1 Å². The predicted molar refractivity (Wildman–Crippen MR) is 73.7 cm³/mol. The van der Waals surface area contributed by atoms with E-state index in [1.165, 1.54) is 9.75 Å². The van der Waals surface area contributed by atoms with Gasteiger partial charge in [-0.2, -0.15) is 5.10 Å². The van der Waals surface area contributed by atoms with Crippen molar-refractivity contribution in [2.24, 2.45) is 0 Å². The van der Waals surface area contributed by atoms with Gasteiger partial charge in [-0.25, -0.2) is 0 Å². The van der Waals surface area contributed by atoms with Crippen LogP contribution in [0.5, 0.6) is 0 Å². The maximum Gasteiger partial charge on any atom is 0.148 e. The lowest BCUT2D eigenvalue weighted by Gasteiger charge is -2.11. The molecule has 2 aromatic heterocycles. The molecule has 0 saturated heterocycles. The van der Waals surface area contributed by atoms with E-state index in [4.69, 9.17) is 0 Å². The number of anilines is 1. The number of hydrogen-bond donors (Lipinski definition) is 1. The summed E-state index contributed by atoms with van der Waals surface area (Å²) in [7, 11) is 0. The second-order valence-corrected chi connectivity index (χ2v) is 5.91. The van der Waals surface area contributed by atoms with Crippen LogP contribution in [0, 0.1) is 6.92 Å². The molecule has 3 nitrogen and oxygen atoms in total. The predicted octanol–water partition coefficient (Wildman–Crippen LogP) is 4.01. The second kappa shape index (κ2) is 4.92. The Morgan fingerprint density at radius 2 is 2.00 bits per heavy atom. The van der Waals surface area contributed by atoms with Crippen molar-refractivity contribution in [3.8, 4) is 0 Å². The highest BCUT2D eigenvalue weighted by atomic mass is 32.1. The smallest absolute Gasteiger partial charge is 0.148 e. The molecular weight excluding hydrogens is 230 g/mol. The Morgan fingerprint density at radius 3 is 2.53 bits per heavy atom. The Kier molecular flexibility index (Phi) is 3.52. The van der Waals surface area contributed by atoms with E-state index in [0.717, 1.165) is 5.82 Å². The summed E-state index contributed by atoms with van der Waals surface area (Å²) in [6.45, 7) is 8.56. The van der Waals surface area contributed by atoms with Crippen molar-refractivity contribution in [3.05, 3.63) is 34.2 Å². The average molecular weight is 249 g/mol. The third kappa shape index (κ3) is 2.88. The van der Waals surface area contributed by atoms with Gasteiger partial charge in [-0.1, -0.05) is 0 Å². The molecule has 0 aliphatic rings. The zero-order valence-electron chi connectivity index (χ0n) is 10.8. The first kappa shape index (κ1) is 12.2. The summed E-state index contributed by atoms with van der Waals surface area (Å²) in [6, 6.07) is 7.08. The van der Waals surface area contributed by atoms with Crippen molar-refractivity contribution in [2.75, 3.05) is 5.32 Å². The molecule has 0 fully saturated rings. The number of aromatic nitrogens is 2. The normalized spacial score (nSPS) is 13.0. The van der Waals surface area contributed by atoms with Crippen molar-refractivity contribution in [3.63, 3.8) is 0 Å².